The molecule has 2 aliphatic heterocycles. The quantitative estimate of drug-likeness (QED) is 0.779. The minimum absolute atomic E-state index is 0.220. The van der Waals surface area contributed by atoms with Gasteiger partial charge in [-0.15, -0.1) is 0 Å². The van der Waals surface area contributed by atoms with Gasteiger partial charge in [0.2, 0.25) is 0 Å². The zero-order valence-corrected chi connectivity index (χ0v) is 14.7. The molecule has 2 aromatic rings. The summed E-state index contributed by atoms with van der Waals surface area (Å²) in [5.74, 6) is 0. The van der Waals surface area contributed by atoms with Gasteiger partial charge in [0.1, 0.15) is 0 Å². The fourth-order valence-corrected chi connectivity index (χ4v) is 3.19. The van der Waals surface area contributed by atoms with Crippen molar-refractivity contribution < 1.29 is 18.6 Å². The van der Waals surface area contributed by atoms with Crippen molar-refractivity contribution in [1.82, 2.24) is 0 Å². The molecule has 4 nitrogen and oxygen atoms in total. The van der Waals surface area contributed by atoms with Gasteiger partial charge in [0.05, 0.1) is 5.41 Å². The molecule has 25 heavy (non-hydrogen) atoms. The topological polar surface area (TPSA) is 36.9 Å². The number of hydrogen-bond donors (Lipinski definition) is 0. The van der Waals surface area contributed by atoms with Gasteiger partial charge >= 0.3 is 14.2 Å². The van der Waals surface area contributed by atoms with Crippen LogP contribution in [-0.4, -0.2) is 40.7 Å². The first-order valence-corrected chi connectivity index (χ1v) is 8.73. The van der Waals surface area contributed by atoms with Crippen LogP contribution in [0.3, 0.4) is 0 Å². The molecule has 0 amide bonds. The van der Waals surface area contributed by atoms with Crippen LogP contribution in [0.15, 0.2) is 48.5 Å². The highest BCUT2D eigenvalue weighted by Crippen LogP contribution is 2.28. The number of benzene rings is 2. The van der Waals surface area contributed by atoms with Crippen LogP contribution >= 0.6 is 0 Å². The summed E-state index contributed by atoms with van der Waals surface area (Å²) >= 11 is 0. The predicted octanol–water partition coefficient (Wildman–Crippen LogP) is 1.47. The SMILES string of the molecule is Cc1ccc(B2OCC3(CO2)COB(c2ccc(C)cc2)OC3)cc1. The molecule has 2 heterocycles. The zero-order chi connectivity index (χ0) is 17.3. The predicted molar refractivity (Wildman–Crippen MR) is 99.4 cm³/mol. The van der Waals surface area contributed by atoms with E-state index in [-0.39, 0.29) is 19.7 Å². The van der Waals surface area contributed by atoms with Crippen molar-refractivity contribution in [3.63, 3.8) is 0 Å². The average molecular weight is 336 g/mol. The first-order valence-electron chi connectivity index (χ1n) is 8.73. The molecule has 0 aliphatic carbocycles. The van der Waals surface area contributed by atoms with E-state index in [0.29, 0.717) is 26.4 Å². The van der Waals surface area contributed by atoms with Gasteiger partial charge in [0.15, 0.2) is 0 Å². The molecule has 1 spiro atoms. The van der Waals surface area contributed by atoms with Crippen LogP contribution < -0.4 is 10.9 Å². The van der Waals surface area contributed by atoms with Crippen LogP contribution in [-0.2, 0) is 18.6 Å². The van der Waals surface area contributed by atoms with Crippen molar-refractivity contribution in [3.8, 4) is 0 Å². The molecule has 2 aliphatic rings. The van der Waals surface area contributed by atoms with E-state index < -0.39 is 0 Å². The van der Waals surface area contributed by atoms with E-state index in [0.717, 1.165) is 10.9 Å². The summed E-state index contributed by atoms with van der Waals surface area (Å²) in [5.41, 5.74) is 4.34. The molecule has 0 aromatic heterocycles. The Morgan fingerprint density at radius 2 is 0.920 bits per heavy atom. The maximum Gasteiger partial charge on any atom is 0.493 e. The molecule has 2 fully saturated rings. The van der Waals surface area contributed by atoms with Gasteiger partial charge in [-0.2, -0.15) is 0 Å². The molecular weight excluding hydrogens is 314 g/mol. The average Bonchev–Trinajstić information content (AvgIpc) is 2.65. The maximum atomic E-state index is 5.97. The molecule has 6 heteroatoms. The van der Waals surface area contributed by atoms with Gasteiger partial charge in [0.25, 0.3) is 0 Å². The van der Waals surface area contributed by atoms with Crippen molar-refractivity contribution in [2.75, 3.05) is 26.4 Å². The van der Waals surface area contributed by atoms with Gasteiger partial charge in [0, 0.05) is 26.4 Å². The Kier molecular flexibility index (Phi) is 4.69. The third-order valence-electron chi connectivity index (χ3n) is 4.86. The van der Waals surface area contributed by atoms with Crippen LogP contribution in [0.2, 0.25) is 0 Å². The van der Waals surface area contributed by atoms with Gasteiger partial charge < -0.3 is 18.6 Å². The van der Waals surface area contributed by atoms with Gasteiger partial charge in [-0.05, 0) is 24.8 Å². The molecule has 128 valence electrons. The first-order chi connectivity index (χ1) is 12.1. The highest BCUT2D eigenvalue weighted by Gasteiger charge is 2.45. The Labute approximate surface area is 149 Å². The third-order valence-corrected chi connectivity index (χ3v) is 4.86. The fraction of sp³-hybridized carbons (Fsp3) is 0.368. The van der Waals surface area contributed by atoms with E-state index >= 15 is 0 Å². The Morgan fingerprint density at radius 3 is 1.24 bits per heavy atom. The third kappa shape index (κ3) is 3.67. The van der Waals surface area contributed by atoms with Crippen LogP contribution in [0.1, 0.15) is 11.1 Å². The van der Waals surface area contributed by atoms with E-state index in [2.05, 4.69) is 62.4 Å². The van der Waals surface area contributed by atoms with E-state index in [1.165, 1.54) is 11.1 Å². The van der Waals surface area contributed by atoms with Crippen molar-refractivity contribution in [2.24, 2.45) is 5.41 Å². The lowest BCUT2D eigenvalue weighted by Gasteiger charge is -2.42. The summed E-state index contributed by atoms with van der Waals surface area (Å²) < 4.78 is 23.9. The molecule has 0 N–H and O–H groups in total. The summed E-state index contributed by atoms with van der Waals surface area (Å²) in [4.78, 5) is 0. The summed E-state index contributed by atoms with van der Waals surface area (Å²) in [6.45, 7) is 6.45. The second-order valence-electron chi connectivity index (χ2n) is 7.23. The first kappa shape index (κ1) is 16.9. The molecule has 4 rings (SSSR count). The maximum absolute atomic E-state index is 5.97. The highest BCUT2D eigenvalue weighted by molar-refractivity contribution is 6.62. The van der Waals surface area contributed by atoms with Crippen molar-refractivity contribution in [3.05, 3.63) is 59.7 Å². The lowest BCUT2D eigenvalue weighted by atomic mass is 9.72. The van der Waals surface area contributed by atoms with Gasteiger partial charge in [-0.3, -0.25) is 0 Å². The zero-order valence-electron chi connectivity index (χ0n) is 14.7. The second kappa shape index (κ2) is 6.96. The number of hydrogen-bond acceptors (Lipinski definition) is 4. The minimum atomic E-state index is -0.305. The van der Waals surface area contributed by atoms with Crippen LogP contribution in [0.25, 0.3) is 0 Å². The number of rotatable bonds is 2. The summed E-state index contributed by atoms with van der Waals surface area (Å²) in [6.07, 6.45) is 0. The minimum Gasteiger partial charge on any atom is -0.406 e. The van der Waals surface area contributed by atoms with Gasteiger partial charge in [-0.25, -0.2) is 0 Å². The summed E-state index contributed by atoms with van der Waals surface area (Å²) in [6, 6.07) is 16.5. The lowest BCUT2D eigenvalue weighted by molar-refractivity contribution is -0.0787. The Hall–Kier alpha value is -1.59. The Bertz CT molecular complexity index is 634. The van der Waals surface area contributed by atoms with E-state index in [9.17, 15) is 0 Å². The van der Waals surface area contributed by atoms with E-state index in [1.807, 2.05) is 0 Å². The molecule has 2 aromatic carbocycles. The Morgan fingerprint density at radius 1 is 0.600 bits per heavy atom. The standard InChI is InChI=1S/C19H22B2O4/c1-15-3-7-17(8-4-15)20-22-11-19(12-23-20)13-24-21(25-14-19)18-9-5-16(2)6-10-18/h3-10H,11-14H2,1-2H3. The van der Waals surface area contributed by atoms with E-state index in [1.54, 1.807) is 0 Å². The normalized spacial score (nSPS) is 20.1. The van der Waals surface area contributed by atoms with Crippen molar-refractivity contribution >= 4 is 25.2 Å². The summed E-state index contributed by atoms with van der Waals surface area (Å²) in [5, 5.41) is 0. The Balaban J connectivity index is 1.35. The fourth-order valence-electron chi connectivity index (χ4n) is 3.19. The molecule has 0 radical (unpaired) electrons. The van der Waals surface area contributed by atoms with E-state index in [4.69, 9.17) is 18.6 Å². The highest BCUT2D eigenvalue weighted by atomic mass is 16.6. The molecule has 0 unspecified atom stereocenters. The molecule has 0 saturated carbocycles. The largest absolute Gasteiger partial charge is 0.493 e. The van der Waals surface area contributed by atoms with Crippen molar-refractivity contribution in [1.29, 1.82) is 0 Å². The molecule has 0 bridgehead atoms. The molecule has 0 atom stereocenters. The summed E-state index contributed by atoms with van der Waals surface area (Å²) in [7, 11) is -0.609. The second-order valence-corrected chi connectivity index (χ2v) is 7.23. The van der Waals surface area contributed by atoms with Gasteiger partial charge in [-0.1, -0.05) is 59.7 Å². The van der Waals surface area contributed by atoms with Crippen LogP contribution in [0.5, 0.6) is 0 Å². The van der Waals surface area contributed by atoms with Crippen molar-refractivity contribution in [2.45, 2.75) is 13.8 Å². The van der Waals surface area contributed by atoms with Crippen LogP contribution in [0, 0.1) is 19.3 Å². The molecule has 2 saturated heterocycles. The van der Waals surface area contributed by atoms with Crippen LogP contribution in [0.4, 0.5) is 0 Å². The smallest absolute Gasteiger partial charge is 0.406 e. The monoisotopic (exact) mass is 336 g/mol. The number of aryl methyl sites for hydroxylation is 2. The lowest BCUT2D eigenvalue weighted by Crippen LogP contribution is -2.58. The molecular formula is C19H22B2O4.